The molecule has 0 saturated heterocycles. The highest BCUT2D eigenvalue weighted by Gasteiger charge is 2.13. The number of rotatable bonds is 9. The van der Waals surface area contributed by atoms with Gasteiger partial charge in [0.2, 0.25) is 5.91 Å². The number of guanidine groups is 1. The molecule has 0 heterocycles. The molecule has 130 valence electrons. The van der Waals surface area contributed by atoms with Crippen molar-refractivity contribution in [3.8, 4) is 0 Å². The maximum absolute atomic E-state index is 11.7. The topological polar surface area (TPSA) is 74.8 Å². The lowest BCUT2D eigenvalue weighted by Crippen LogP contribution is -2.43. The molecule has 0 rings (SSSR count). The average molecular weight is 314 g/mol. The van der Waals surface area contributed by atoms with Gasteiger partial charge in [-0.2, -0.15) is 0 Å². The van der Waals surface area contributed by atoms with E-state index in [1.807, 2.05) is 27.7 Å². The number of hydrogen-bond donors (Lipinski definition) is 3. The van der Waals surface area contributed by atoms with Crippen molar-refractivity contribution < 1.29 is 9.53 Å². The highest BCUT2D eigenvalue weighted by atomic mass is 16.5. The zero-order valence-electron chi connectivity index (χ0n) is 15.1. The highest BCUT2D eigenvalue weighted by molar-refractivity contribution is 5.85. The van der Waals surface area contributed by atoms with Crippen LogP contribution in [-0.2, 0) is 9.53 Å². The van der Waals surface area contributed by atoms with Gasteiger partial charge in [-0.05, 0) is 40.0 Å². The number of nitrogens with one attached hydrogen (secondary N) is 3. The lowest BCUT2D eigenvalue weighted by atomic mass is 10.1. The molecular formula is C16H34N4O2. The Labute approximate surface area is 135 Å². The van der Waals surface area contributed by atoms with Gasteiger partial charge in [0.15, 0.2) is 5.96 Å². The quantitative estimate of drug-likeness (QED) is 0.343. The molecule has 0 bridgehead atoms. The minimum absolute atomic E-state index is 0.0853. The molecule has 0 aromatic rings. The summed E-state index contributed by atoms with van der Waals surface area (Å²) in [5.41, 5.74) is -0.233. The van der Waals surface area contributed by atoms with Gasteiger partial charge in [0.1, 0.15) is 6.54 Å². The Hall–Kier alpha value is -1.30. The zero-order chi connectivity index (χ0) is 17.0. The Morgan fingerprint density at radius 2 is 1.86 bits per heavy atom. The molecule has 0 aliphatic heterocycles. The summed E-state index contributed by atoms with van der Waals surface area (Å²) in [5.74, 6) is 1.21. The van der Waals surface area contributed by atoms with E-state index in [0.29, 0.717) is 25.0 Å². The first-order valence-corrected chi connectivity index (χ1v) is 8.15. The summed E-state index contributed by atoms with van der Waals surface area (Å²) in [6, 6.07) is 0. The highest BCUT2D eigenvalue weighted by Crippen LogP contribution is 1.98. The molecule has 0 aliphatic carbocycles. The number of carbonyl (C=O) groups is 1. The Balaban J connectivity index is 4.03. The van der Waals surface area contributed by atoms with E-state index in [-0.39, 0.29) is 18.0 Å². The van der Waals surface area contributed by atoms with Crippen molar-refractivity contribution in [2.24, 2.45) is 10.9 Å². The van der Waals surface area contributed by atoms with Crippen LogP contribution in [0.2, 0.25) is 0 Å². The molecule has 1 amide bonds. The fraction of sp³-hybridized carbons (Fsp3) is 0.875. The van der Waals surface area contributed by atoms with Crippen LogP contribution in [-0.4, -0.2) is 50.3 Å². The SMILES string of the molecule is CCNC(=NCC(=O)NC(C)(C)C)NCCOCCC(C)C. The second-order valence-electron chi connectivity index (χ2n) is 6.72. The van der Waals surface area contributed by atoms with Crippen LogP contribution in [0.1, 0.15) is 48.0 Å². The fourth-order valence-corrected chi connectivity index (χ4v) is 1.61. The Morgan fingerprint density at radius 1 is 1.18 bits per heavy atom. The standard InChI is InChI=1S/C16H34N4O2/c1-7-17-15(18-9-11-22-10-8-13(2)3)19-12-14(21)20-16(4,5)6/h13H,7-12H2,1-6H3,(H,20,21)(H2,17,18,19). The van der Waals surface area contributed by atoms with Crippen molar-refractivity contribution in [2.45, 2.75) is 53.5 Å². The Bertz CT molecular complexity index is 336. The number of amides is 1. The predicted molar refractivity (Wildman–Crippen MR) is 92.2 cm³/mol. The number of carbonyl (C=O) groups excluding carboxylic acids is 1. The number of hydrogen-bond acceptors (Lipinski definition) is 3. The largest absolute Gasteiger partial charge is 0.380 e. The molecule has 3 N–H and O–H groups in total. The van der Waals surface area contributed by atoms with Gasteiger partial charge in [-0.1, -0.05) is 13.8 Å². The molecule has 6 heteroatoms. The molecule has 0 unspecified atom stereocenters. The first-order valence-electron chi connectivity index (χ1n) is 8.15. The van der Waals surface area contributed by atoms with E-state index < -0.39 is 0 Å². The summed E-state index contributed by atoms with van der Waals surface area (Å²) < 4.78 is 5.54. The van der Waals surface area contributed by atoms with Gasteiger partial charge in [0.25, 0.3) is 0 Å². The van der Waals surface area contributed by atoms with Gasteiger partial charge in [-0.15, -0.1) is 0 Å². The van der Waals surface area contributed by atoms with Crippen molar-refractivity contribution in [3.63, 3.8) is 0 Å². The average Bonchev–Trinajstić information content (AvgIpc) is 2.37. The molecule has 0 fully saturated rings. The predicted octanol–water partition coefficient (Wildman–Crippen LogP) is 1.52. The Kier molecular flexibility index (Phi) is 10.6. The van der Waals surface area contributed by atoms with E-state index >= 15 is 0 Å². The van der Waals surface area contributed by atoms with Crippen LogP contribution < -0.4 is 16.0 Å². The van der Waals surface area contributed by atoms with Gasteiger partial charge in [-0.25, -0.2) is 4.99 Å². The molecule has 0 aliphatic rings. The molecular weight excluding hydrogens is 280 g/mol. The lowest BCUT2D eigenvalue weighted by molar-refractivity contribution is -0.121. The van der Waals surface area contributed by atoms with Crippen LogP contribution >= 0.6 is 0 Å². The second kappa shape index (κ2) is 11.3. The first kappa shape index (κ1) is 20.7. The van der Waals surface area contributed by atoms with E-state index in [9.17, 15) is 4.79 Å². The summed E-state index contributed by atoms with van der Waals surface area (Å²) in [4.78, 5) is 16.0. The second-order valence-corrected chi connectivity index (χ2v) is 6.72. The lowest BCUT2D eigenvalue weighted by Gasteiger charge is -2.20. The number of nitrogens with zero attached hydrogens (tertiary/aromatic N) is 1. The summed E-state index contributed by atoms with van der Waals surface area (Å²) in [6.07, 6.45) is 1.07. The van der Waals surface area contributed by atoms with E-state index in [0.717, 1.165) is 19.6 Å². The van der Waals surface area contributed by atoms with Crippen molar-refractivity contribution >= 4 is 11.9 Å². The van der Waals surface area contributed by atoms with Crippen LogP contribution in [0.15, 0.2) is 4.99 Å². The van der Waals surface area contributed by atoms with Crippen LogP contribution in [0, 0.1) is 5.92 Å². The van der Waals surface area contributed by atoms with Gasteiger partial charge in [0, 0.05) is 25.2 Å². The van der Waals surface area contributed by atoms with Gasteiger partial charge in [0.05, 0.1) is 6.61 Å². The number of ether oxygens (including phenoxy) is 1. The van der Waals surface area contributed by atoms with Crippen molar-refractivity contribution in [1.29, 1.82) is 0 Å². The van der Waals surface area contributed by atoms with Gasteiger partial charge >= 0.3 is 0 Å². The van der Waals surface area contributed by atoms with E-state index in [2.05, 4.69) is 34.8 Å². The molecule has 0 spiro atoms. The van der Waals surface area contributed by atoms with Crippen LogP contribution in [0.4, 0.5) is 0 Å². The summed E-state index contributed by atoms with van der Waals surface area (Å²) >= 11 is 0. The smallest absolute Gasteiger partial charge is 0.242 e. The minimum Gasteiger partial charge on any atom is -0.380 e. The minimum atomic E-state index is -0.233. The fourth-order valence-electron chi connectivity index (χ4n) is 1.61. The maximum atomic E-state index is 11.7. The summed E-state index contributed by atoms with van der Waals surface area (Å²) in [7, 11) is 0. The molecule has 0 aromatic heterocycles. The third-order valence-corrected chi connectivity index (χ3v) is 2.62. The Morgan fingerprint density at radius 3 is 2.41 bits per heavy atom. The monoisotopic (exact) mass is 314 g/mol. The molecule has 0 saturated carbocycles. The van der Waals surface area contributed by atoms with E-state index in [4.69, 9.17) is 4.74 Å². The number of aliphatic imine (C=N–C) groups is 1. The van der Waals surface area contributed by atoms with Crippen LogP contribution in [0.5, 0.6) is 0 Å². The molecule has 22 heavy (non-hydrogen) atoms. The van der Waals surface area contributed by atoms with E-state index in [1.165, 1.54) is 0 Å². The molecule has 0 radical (unpaired) electrons. The van der Waals surface area contributed by atoms with Crippen molar-refractivity contribution in [3.05, 3.63) is 0 Å². The van der Waals surface area contributed by atoms with Crippen molar-refractivity contribution in [1.82, 2.24) is 16.0 Å². The summed E-state index contributed by atoms with van der Waals surface area (Å²) in [5, 5.41) is 9.16. The van der Waals surface area contributed by atoms with Crippen LogP contribution in [0.3, 0.4) is 0 Å². The summed E-state index contributed by atoms with van der Waals surface area (Å²) in [6.45, 7) is 15.1. The van der Waals surface area contributed by atoms with Crippen LogP contribution in [0.25, 0.3) is 0 Å². The van der Waals surface area contributed by atoms with Gasteiger partial charge < -0.3 is 20.7 Å². The zero-order valence-corrected chi connectivity index (χ0v) is 15.1. The molecule has 0 atom stereocenters. The first-order chi connectivity index (χ1) is 10.2. The van der Waals surface area contributed by atoms with Crippen molar-refractivity contribution in [2.75, 3.05) is 32.8 Å². The molecule has 0 aromatic carbocycles. The normalized spacial score (nSPS) is 12.4. The van der Waals surface area contributed by atoms with Gasteiger partial charge in [-0.3, -0.25) is 4.79 Å². The van der Waals surface area contributed by atoms with E-state index in [1.54, 1.807) is 0 Å². The third kappa shape index (κ3) is 13.7. The third-order valence-electron chi connectivity index (χ3n) is 2.62. The maximum Gasteiger partial charge on any atom is 0.242 e. The molecule has 6 nitrogen and oxygen atoms in total.